The fourth-order valence-electron chi connectivity index (χ4n) is 5.07. The summed E-state index contributed by atoms with van der Waals surface area (Å²) >= 11 is 0. The molecule has 0 radical (unpaired) electrons. The fraction of sp³-hybridized carbons (Fsp3) is 0.522. The summed E-state index contributed by atoms with van der Waals surface area (Å²) in [7, 11) is 0. The quantitative estimate of drug-likeness (QED) is 0.560. The van der Waals surface area contributed by atoms with E-state index in [0.717, 1.165) is 12.8 Å². The van der Waals surface area contributed by atoms with Gasteiger partial charge in [-0.3, -0.25) is 0 Å². The van der Waals surface area contributed by atoms with Gasteiger partial charge in [0.1, 0.15) is 5.92 Å². The Morgan fingerprint density at radius 2 is 1.50 bits per heavy atom. The number of aromatic nitrogens is 1. The summed E-state index contributed by atoms with van der Waals surface area (Å²) in [5.41, 5.74) is 3.87. The van der Waals surface area contributed by atoms with E-state index >= 15 is 0 Å². The second-order valence-corrected chi connectivity index (χ2v) is 8.08. The number of nitrogens with zero attached hydrogens (tertiary/aromatic N) is 1. The van der Waals surface area contributed by atoms with Gasteiger partial charge in [-0.25, -0.2) is 0 Å². The zero-order chi connectivity index (χ0) is 18.4. The van der Waals surface area contributed by atoms with Crippen molar-refractivity contribution in [3.05, 3.63) is 65.5 Å². The second-order valence-electron chi connectivity index (χ2n) is 8.08. The van der Waals surface area contributed by atoms with Crippen molar-refractivity contribution in [3.8, 4) is 0 Å². The van der Waals surface area contributed by atoms with Gasteiger partial charge in [-0.2, -0.15) is 4.57 Å². The number of benzene rings is 1. The third kappa shape index (κ3) is 2.23. The lowest BCUT2D eigenvalue weighted by atomic mass is 9.57. The maximum Gasteiger partial charge on any atom is 0.196 e. The van der Waals surface area contributed by atoms with Crippen molar-refractivity contribution < 1.29 is 14.0 Å². The molecule has 1 aliphatic carbocycles. The van der Waals surface area contributed by atoms with Gasteiger partial charge in [-0.05, 0) is 32.3 Å². The third-order valence-electron chi connectivity index (χ3n) is 6.10. The molecule has 5 rings (SSSR count). The van der Waals surface area contributed by atoms with Gasteiger partial charge >= 0.3 is 0 Å². The lowest BCUT2D eigenvalue weighted by Gasteiger charge is -2.57. The van der Waals surface area contributed by atoms with E-state index < -0.39 is 5.79 Å². The molecule has 138 valence electrons. The minimum atomic E-state index is -0.639. The van der Waals surface area contributed by atoms with Crippen LogP contribution in [0.3, 0.4) is 0 Å². The van der Waals surface area contributed by atoms with E-state index in [4.69, 9.17) is 9.47 Å². The monoisotopic (exact) mass is 352 g/mol. The smallest absolute Gasteiger partial charge is 0.196 e. The van der Waals surface area contributed by atoms with Crippen LogP contribution >= 0.6 is 0 Å². The minimum Gasteiger partial charge on any atom is -0.348 e. The van der Waals surface area contributed by atoms with Gasteiger partial charge in [0.15, 0.2) is 23.7 Å². The number of pyridine rings is 1. The summed E-state index contributed by atoms with van der Waals surface area (Å²) in [5, 5.41) is 0. The lowest BCUT2D eigenvalue weighted by molar-refractivity contribution is -0.755. The molecule has 0 N–H and O–H groups in total. The first-order valence-electron chi connectivity index (χ1n) is 9.95. The molecule has 1 aromatic carbocycles. The van der Waals surface area contributed by atoms with E-state index in [-0.39, 0.29) is 17.4 Å². The summed E-state index contributed by atoms with van der Waals surface area (Å²) in [5.74, 6) is -0.558. The minimum absolute atomic E-state index is 0.0815. The lowest BCUT2D eigenvalue weighted by Crippen LogP contribution is -2.71. The maximum absolute atomic E-state index is 6.65. The molecule has 0 amide bonds. The molecule has 2 atom stereocenters. The zero-order valence-corrected chi connectivity index (χ0v) is 16.4. The Balaban J connectivity index is 1.99. The molecule has 0 unspecified atom stereocenters. The molecule has 0 saturated carbocycles. The van der Waals surface area contributed by atoms with Gasteiger partial charge in [0.05, 0.1) is 5.41 Å². The molecule has 3 aliphatic rings. The van der Waals surface area contributed by atoms with E-state index in [2.05, 4.69) is 80.9 Å². The van der Waals surface area contributed by atoms with Gasteiger partial charge in [0.25, 0.3) is 0 Å². The molecule has 2 aliphatic heterocycles. The van der Waals surface area contributed by atoms with E-state index in [0.29, 0.717) is 13.2 Å². The van der Waals surface area contributed by atoms with Gasteiger partial charge in [0, 0.05) is 30.9 Å². The largest absolute Gasteiger partial charge is 0.348 e. The Morgan fingerprint density at radius 3 is 2.15 bits per heavy atom. The highest BCUT2D eigenvalue weighted by Crippen LogP contribution is 2.61. The Kier molecular flexibility index (Phi) is 4.40. The van der Waals surface area contributed by atoms with E-state index in [1.807, 2.05) is 0 Å². The second kappa shape index (κ2) is 6.47. The maximum atomic E-state index is 6.65. The van der Waals surface area contributed by atoms with Crippen LogP contribution in [-0.4, -0.2) is 19.0 Å². The van der Waals surface area contributed by atoms with Crippen LogP contribution in [0.5, 0.6) is 0 Å². The molecule has 2 aromatic rings. The molecule has 0 saturated heterocycles. The Labute approximate surface area is 157 Å². The molecular weight excluding hydrogens is 322 g/mol. The highest BCUT2D eigenvalue weighted by atomic mass is 16.7. The van der Waals surface area contributed by atoms with Crippen molar-refractivity contribution in [3.63, 3.8) is 0 Å². The topological polar surface area (TPSA) is 22.3 Å². The van der Waals surface area contributed by atoms with Gasteiger partial charge < -0.3 is 9.47 Å². The molecule has 3 nitrogen and oxygen atoms in total. The number of rotatable bonds is 6. The van der Waals surface area contributed by atoms with Crippen molar-refractivity contribution >= 4 is 0 Å². The predicted octanol–water partition coefficient (Wildman–Crippen LogP) is 4.60. The summed E-state index contributed by atoms with van der Waals surface area (Å²) in [6, 6.07) is 15.5. The first-order chi connectivity index (χ1) is 12.6. The SMILES string of the molecule is CCCOC1(OCCC)[C@H]2c3ccccc3[C@H]([n+]3ccccc32)C1(C)C. The molecule has 3 heteroatoms. The third-order valence-corrected chi connectivity index (χ3v) is 6.10. The standard InChI is InChI=1S/C23H30NO2/c1-5-15-25-23(26-16-6-2)20-17-11-7-8-12-18(17)21(22(23,3)4)24-14-10-9-13-19(20)24/h7-14,20-21H,5-6,15-16H2,1-4H3/q+1/t20-,21-/m0/s1. The fourth-order valence-corrected chi connectivity index (χ4v) is 5.07. The molecule has 3 heterocycles. The highest BCUT2D eigenvalue weighted by Gasteiger charge is 2.70. The van der Waals surface area contributed by atoms with E-state index in [1.165, 1.54) is 16.8 Å². The summed E-state index contributed by atoms with van der Waals surface area (Å²) in [6.45, 7) is 10.4. The molecule has 2 bridgehead atoms. The number of fused-ring (bicyclic) bond motifs is 1. The van der Waals surface area contributed by atoms with E-state index in [1.54, 1.807) is 0 Å². The Hall–Kier alpha value is -1.71. The molecular formula is C23H30NO2+. The van der Waals surface area contributed by atoms with Crippen molar-refractivity contribution in [2.45, 2.75) is 58.3 Å². The first kappa shape index (κ1) is 17.7. The van der Waals surface area contributed by atoms with Gasteiger partial charge in [-0.15, -0.1) is 0 Å². The average Bonchev–Trinajstić information content (AvgIpc) is 2.66. The van der Waals surface area contributed by atoms with Gasteiger partial charge in [0.2, 0.25) is 0 Å². The number of hydrogen-bond donors (Lipinski definition) is 0. The van der Waals surface area contributed by atoms with E-state index in [9.17, 15) is 0 Å². The van der Waals surface area contributed by atoms with Crippen molar-refractivity contribution in [2.75, 3.05) is 13.2 Å². The van der Waals surface area contributed by atoms with Crippen LogP contribution in [0.25, 0.3) is 0 Å². The van der Waals surface area contributed by atoms with Gasteiger partial charge in [-0.1, -0.05) is 44.2 Å². The first-order valence-corrected chi connectivity index (χ1v) is 9.95. The van der Waals surface area contributed by atoms with Crippen LogP contribution < -0.4 is 4.57 Å². The molecule has 1 aromatic heterocycles. The summed E-state index contributed by atoms with van der Waals surface area (Å²) < 4.78 is 15.7. The predicted molar refractivity (Wildman–Crippen MR) is 102 cm³/mol. The Morgan fingerprint density at radius 1 is 0.885 bits per heavy atom. The van der Waals surface area contributed by atoms with Crippen molar-refractivity contribution in [1.82, 2.24) is 0 Å². The normalized spacial score (nSPS) is 24.2. The van der Waals surface area contributed by atoms with Crippen LogP contribution in [0.2, 0.25) is 0 Å². The molecule has 0 spiro atoms. The molecule has 26 heavy (non-hydrogen) atoms. The number of hydrogen-bond acceptors (Lipinski definition) is 2. The average molecular weight is 352 g/mol. The summed E-state index contributed by atoms with van der Waals surface area (Å²) in [6.07, 6.45) is 4.19. The van der Waals surface area contributed by atoms with Crippen LogP contribution in [0.15, 0.2) is 48.7 Å². The van der Waals surface area contributed by atoms with Crippen LogP contribution in [0, 0.1) is 5.41 Å². The number of ether oxygens (including phenoxy) is 2. The van der Waals surface area contributed by atoms with Crippen LogP contribution in [0.4, 0.5) is 0 Å². The van der Waals surface area contributed by atoms with Crippen LogP contribution in [0.1, 0.15) is 69.3 Å². The van der Waals surface area contributed by atoms with Crippen molar-refractivity contribution in [2.24, 2.45) is 5.41 Å². The Bertz CT molecular complexity index is 743. The summed E-state index contributed by atoms with van der Waals surface area (Å²) in [4.78, 5) is 0. The highest BCUT2D eigenvalue weighted by molar-refractivity contribution is 5.45. The molecule has 0 fully saturated rings. The zero-order valence-electron chi connectivity index (χ0n) is 16.4. The van der Waals surface area contributed by atoms with Crippen LogP contribution in [-0.2, 0) is 9.47 Å². The van der Waals surface area contributed by atoms with Crippen molar-refractivity contribution in [1.29, 1.82) is 0 Å².